The first-order valence-corrected chi connectivity index (χ1v) is 10.8. The molecule has 0 saturated carbocycles. The monoisotopic (exact) mass is 422 g/mol. The van der Waals surface area contributed by atoms with Gasteiger partial charge < -0.3 is 14.6 Å². The van der Waals surface area contributed by atoms with Crippen molar-refractivity contribution in [2.45, 2.75) is 52.0 Å². The van der Waals surface area contributed by atoms with Crippen LogP contribution in [-0.2, 0) is 17.8 Å². The molecule has 0 unspecified atom stereocenters. The molecule has 2 aromatic carbocycles. The Kier molecular flexibility index (Phi) is 6.60. The van der Waals surface area contributed by atoms with Gasteiger partial charge in [-0.2, -0.15) is 0 Å². The van der Waals surface area contributed by atoms with Crippen LogP contribution >= 0.6 is 0 Å². The van der Waals surface area contributed by atoms with Crippen molar-refractivity contribution in [3.63, 3.8) is 0 Å². The lowest BCUT2D eigenvalue weighted by Gasteiger charge is -2.12. The van der Waals surface area contributed by atoms with Crippen molar-refractivity contribution >= 4 is 11.6 Å². The molecule has 0 bridgehead atoms. The summed E-state index contributed by atoms with van der Waals surface area (Å²) in [4.78, 5) is 12.4. The van der Waals surface area contributed by atoms with Crippen LogP contribution in [0.1, 0.15) is 43.5 Å². The van der Waals surface area contributed by atoms with Crippen molar-refractivity contribution in [3.8, 4) is 17.1 Å². The van der Waals surface area contributed by atoms with Gasteiger partial charge in [0, 0.05) is 36.7 Å². The number of benzene rings is 2. The summed E-state index contributed by atoms with van der Waals surface area (Å²) in [6.45, 7) is 3.25. The number of fused-ring (bicyclic) bond motifs is 1. The Balaban J connectivity index is 1.36. The first-order chi connectivity index (χ1) is 15.1. The molecule has 3 aromatic rings. The summed E-state index contributed by atoms with van der Waals surface area (Å²) in [6.07, 6.45) is 5.31. The molecule has 1 aliphatic rings. The third-order valence-electron chi connectivity index (χ3n) is 5.49. The van der Waals surface area contributed by atoms with Gasteiger partial charge in [0.2, 0.25) is 5.91 Å². The topological polar surface area (TPSA) is 69.0 Å². The summed E-state index contributed by atoms with van der Waals surface area (Å²) in [7, 11) is 0. The highest BCUT2D eigenvalue weighted by Gasteiger charge is 2.17. The van der Waals surface area contributed by atoms with Gasteiger partial charge in [0.25, 0.3) is 0 Å². The van der Waals surface area contributed by atoms with Crippen LogP contribution in [0.15, 0.2) is 42.5 Å². The quantitative estimate of drug-likeness (QED) is 0.549. The van der Waals surface area contributed by atoms with E-state index in [-0.39, 0.29) is 11.7 Å². The minimum atomic E-state index is -0.338. The third kappa shape index (κ3) is 5.29. The zero-order chi connectivity index (χ0) is 21.6. The molecule has 1 aliphatic heterocycles. The molecule has 0 atom stereocenters. The van der Waals surface area contributed by atoms with E-state index in [0.29, 0.717) is 25.2 Å². The highest BCUT2D eigenvalue weighted by Crippen LogP contribution is 2.27. The molecule has 2 heterocycles. The van der Waals surface area contributed by atoms with Gasteiger partial charge >= 0.3 is 0 Å². The maximum Gasteiger partial charge on any atom is 0.224 e. The Labute approximate surface area is 181 Å². The number of rotatable bonds is 7. The van der Waals surface area contributed by atoms with Crippen LogP contribution in [0.5, 0.6) is 5.75 Å². The van der Waals surface area contributed by atoms with Crippen molar-refractivity contribution in [1.29, 1.82) is 0 Å². The molecule has 0 spiro atoms. The summed E-state index contributed by atoms with van der Waals surface area (Å²) in [5, 5.41) is 11.8. The van der Waals surface area contributed by atoms with Crippen molar-refractivity contribution in [2.75, 3.05) is 11.9 Å². The molecule has 0 saturated heterocycles. The average Bonchev–Trinajstić information content (AvgIpc) is 3.01. The molecule has 1 N–H and O–H groups in total. The molecule has 162 valence electrons. The van der Waals surface area contributed by atoms with Gasteiger partial charge in [-0.3, -0.25) is 4.79 Å². The largest absolute Gasteiger partial charge is 0.493 e. The lowest BCUT2D eigenvalue weighted by atomic mass is 10.1. The second-order valence-electron chi connectivity index (χ2n) is 7.89. The Morgan fingerprint density at radius 2 is 2.06 bits per heavy atom. The normalized spacial score (nSPS) is 13.4. The van der Waals surface area contributed by atoms with Gasteiger partial charge in [-0.25, -0.2) is 4.39 Å². The second kappa shape index (κ2) is 9.73. The van der Waals surface area contributed by atoms with Gasteiger partial charge in [0.1, 0.15) is 17.4 Å². The molecular weight excluding hydrogens is 395 g/mol. The molecule has 6 nitrogen and oxygen atoms in total. The number of carbonyl (C=O) groups is 1. The number of hydrogen-bond acceptors (Lipinski definition) is 4. The number of halogens is 1. The summed E-state index contributed by atoms with van der Waals surface area (Å²) >= 11 is 0. The van der Waals surface area contributed by atoms with E-state index < -0.39 is 0 Å². The maximum absolute atomic E-state index is 13.2. The van der Waals surface area contributed by atoms with E-state index in [1.807, 2.05) is 25.1 Å². The first kappa shape index (κ1) is 21.0. The van der Waals surface area contributed by atoms with E-state index in [9.17, 15) is 9.18 Å². The van der Waals surface area contributed by atoms with Crippen LogP contribution in [-0.4, -0.2) is 27.3 Å². The standard InChI is InChI=1S/C24H27FN4O2/c1-17-11-12-18(24-28-27-22-9-3-2-4-13-29(22)24)15-21(17)26-23(30)10-6-14-31-20-8-5-7-19(25)16-20/h5,7-8,11-12,15-16H,2-4,6,9-10,13-14H2,1H3,(H,26,30). The van der Waals surface area contributed by atoms with Crippen LogP contribution < -0.4 is 10.1 Å². The van der Waals surface area contributed by atoms with E-state index in [1.54, 1.807) is 12.1 Å². The van der Waals surface area contributed by atoms with Crippen LogP contribution in [0, 0.1) is 12.7 Å². The van der Waals surface area contributed by atoms with Crippen LogP contribution in [0.25, 0.3) is 11.4 Å². The molecular formula is C24H27FN4O2. The van der Waals surface area contributed by atoms with Crippen LogP contribution in [0.2, 0.25) is 0 Å². The minimum absolute atomic E-state index is 0.0804. The third-order valence-corrected chi connectivity index (χ3v) is 5.49. The summed E-state index contributed by atoms with van der Waals surface area (Å²) < 4.78 is 20.9. The summed E-state index contributed by atoms with van der Waals surface area (Å²) in [5.41, 5.74) is 2.72. The Bertz CT molecular complexity index is 1060. The highest BCUT2D eigenvalue weighted by atomic mass is 19.1. The fraction of sp³-hybridized carbons (Fsp3) is 0.375. The minimum Gasteiger partial charge on any atom is -0.493 e. The summed E-state index contributed by atoms with van der Waals surface area (Å²) in [6, 6.07) is 12.0. The van der Waals surface area contributed by atoms with Gasteiger partial charge in [-0.05, 0) is 49.9 Å². The lowest BCUT2D eigenvalue weighted by Crippen LogP contribution is -2.14. The SMILES string of the molecule is Cc1ccc(-c2nnc3n2CCCCC3)cc1NC(=O)CCCOc1cccc(F)c1. The Hall–Kier alpha value is -3.22. The van der Waals surface area contributed by atoms with Crippen LogP contribution in [0.3, 0.4) is 0 Å². The van der Waals surface area contributed by atoms with Gasteiger partial charge in [0.15, 0.2) is 5.82 Å². The predicted molar refractivity (Wildman–Crippen MR) is 118 cm³/mol. The lowest BCUT2D eigenvalue weighted by molar-refractivity contribution is -0.116. The number of aryl methyl sites for hydroxylation is 2. The maximum atomic E-state index is 13.2. The highest BCUT2D eigenvalue weighted by molar-refractivity contribution is 5.92. The molecule has 31 heavy (non-hydrogen) atoms. The van der Waals surface area contributed by atoms with E-state index in [2.05, 4.69) is 20.1 Å². The molecule has 0 aliphatic carbocycles. The average molecular weight is 423 g/mol. The molecule has 1 aromatic heterocycles. The predicted octanol–water partition coefficient (Wildman–Crippen LogP) is 4.92. The number of anilines is 1. The fourth-order valence-corrected chi connectivity index (χ4v) is 3.79. The zero-order valence-electron chi connectivity index (χ0n) is 17.7. The van der Waals surface area contributed by atoms with E-state index in [4.69, 9.17) is 4.74 Å². The van der Waals surface area contributed by atoms with Crippen molar-refractivity contribution in [1.82, 2.24) is 14.8 Å². The van der Waals surface area contributed by atoms with Crippen molar-refractivity contribution < 1.29 is 13.9 Å². The molecule has 4 rings (SSSR count). The molecule has 7 heteroatoms. The number of nitrogens with zero attached hydrogens (tertiary/aromatic N) is 3. The molecule has 1 amide bonds. The van der Waals surface area contributed by atoms with Gasteiger partial charge in [-0.1, -0.05) is 24.6 Å². The van der Waals surface area contributed by atoms with Gasteiger partial charge in [0.05, 0.1) is 6.61 Å². The van der Waals surface area contributed by atoms with Gasteiger partial charge in [-0.15, -0.1) is 10.2 Å². The van der Waals surface area contributed by atoms with Crippen molar-refractivity contribution in [2.24, 2.45) is 0 Å². The summed E-state index contributed by atoms with van der Waals surface area (Å²) in [5.74, 6) is 1.95. The second-order valence-corrected chi connectivity index (χ2v) is 7.89. The number of amides is 1. The number of carbonyl (C=O) groups excluding carboxylic acids is 1. The number of ether oxygens (including phenoxy) is 1. The zero-order valence-corrected chi connectivity index (χ0v) is 17.7. The first-order valence-electron chi connectivity index (χ1n) is 10.8. The Morgan fingerprint density at radius 3 is 2.94 bits per heavy atom. The van der Waals surface area contributed by atoms with E-state index in [0.717, 1.165) is 54.3 Å². The van der Waals surface area contributed by atoms with Crippen molar-refractivity contribution in [3.05, 3.63) is 59.7 Å². The number of aromatic nitrogens is 3. The Morgan fingerprint density at radius 1 is 1.16 bits per heavy atom. The smallest absolute Gasteiger partial charge is 0.224 e. The molecule has 0 radical (unpaired) electrons. The molecule has 0 fully saturated rings. The van der Waals surface area contributed by atoms with E-state index in [1.165, 1.54) is 18.6 Å². The van der Waals surface area contributed by atoms with E-state index >= 15 is 0 Å². The number of hydrogen-bond donors (Lipinski definition) is 1. The fourth-order valence-electron chi connectivity index (χ4n) is 3.79. The number of nitrogens with one attached hydrogen (secondary N) is 1. The van der Waals surface area contributed by atoms with Crippen LogP contribution in [0.4, 0.5) is 10.1 Å².